The first-order valence-corrected chi connectivity index (χ1v) is 6.85. The number of nitrogens with one attached hydrogen (secondary N) is 1. The smallest absolute Gasteiger partial charge is 0.224 e. The van der Waals surface area contributed by atoms with Crippen molar-refractivity contribution in [3.63, 3.8) is 0 Å². The summed E-state index contributed by atoms with van der Waals surface area (Å²) in [6, 6.07) is 9.54. The molecule has 1 aromatic heterocycles. The van der Waals surface area contributed by atoms with Gasteiger partial charge in [-0.1, -0.05) is 12.1 Å². The van der Waals surface area contributed by atoms with E-state index in [1.54, 1.807) is 6.20 Å². The highest BCUT2D eigenvalue weighted by Gasteiger charge is 2.20. The Morgan fingerprint density at radius 3 is 2.86 bits per heavy atom. The predicted octanol–water partition coefficient (Wildman–Crippen LogP) is 1.79. The van der Waals surface area contributed by atoms with Crippen LogP contribution in [0.3, 0.4) is 0 Å². The molecule has 1 atom stereocenters. The average molecular weight is 286 g/mol. The second-order valence-electron chi connectivity index (χ2n) is 5.01. The molecule has 2 aromatic rings. The molecule has 3 rings (SSSR count). The van der Waals surface area contributed by atoms with Crippen molar-refractivity contribution in [3.8, 4) is 11.5 Å². The van der Waals surface area contributed by atoms with Crippen LogP contribution in [0.1, 0.15) is 0 Å². The lowest BCUT2D eigenvalue weighted by atomic mass is 10.2. The molecule has 6 heteroatoms. The van der Waals surface area contributed by atoms with Gasteiger partial charge in [-0.15, -0.1) is 0 Å². The third-order valence-corrected chi connectivity index (χ3v) is 3.15. The molecule has 110 valence electrons. The van der Waals surface area contributed by atoms with Crippen LogP contribution in [0, 0.1) is 0 Å². The first-order valence-electron chi connectivity index (χ1n) is 6.85. The van der Waals surface area contributed by atoms with Crippen LogP contribution in [0.5, 0.6) is 11.5 Å². The van der Waals surface area contributed by atoms with E-state index >= 15 is 0 Å². The second-order valence-corrected chi connectivity index (χ2v) is 5.01. The number of hydrogen-bond donors (Lipinski definition) is 1. The van der Waals surface area contributed by atoms with Crippen molar-refractivity contribution in [3.05, 3.63) is 36.5 Å². The van der Waals surface area contributed by atoms with Crippen molar-refractivity contribution < 1.29 is 9.47 Å². The van der Waals surface area contributed by atoms with Crippen molar-refractivity contribution in [2.75, 3.05) is 37.5 Å². The molecule has 1 N–H and O–H groups in total. The highest BCUT2D eigenvalue weighted by Crippen LogP contribution is 2.30. The molecule has 0 amide bonds. The molecule has 0 fully saturated rings. The Balaban J connectivity index is 1.60. The quantitative estimate of drug-likeness (QED) is 0.925. The number of aromatic nitrogens is 2. The molecule has 1 aliphatic rings. The van der Waals surface area contributed by atoms with Crippen molar-refractivity contribution in [1.82, 2.24) is 9.97 Å². The lowest BCUT2D eigenvalue weighted by Crippen LogP contribution is -2.35. The van der Waals surface area contributed by atoms with Crippen LogP contribution in [0.15, 0.2) is 36.5 Å². The number of benzene rings is 1. The number of hydrogen-bond acceptors (Lipinski definition) is 6. The largest absolute Gasteiger partial charge is 0.486 e. The van der Waals surface area contributed by atoms with Crippen molar-refractivity contribution in [1.29, 1.82) is 0 Å². The van der Waals surface area contributed by atoms with Gasteiger partial charge >= 0.3 is 0 Å². The minimum atomic E-state index is -0.0634. The van der Waals surface area contributed by atoms with Gasteiger partial charge < -0.3 is 19.7 Å². The molecule has 0 bridgehead atoms. The van der Waals surface area contributed by atoms with Gasteiger partial charge in [0.25, 0.3) is 0 Å². The van der Waals surface area contributed by atoms with Gasteiger partial charge in [0, 0.05) is 20.3 Å². The monoisotopic (exact) mass is 286 g/mol. The third kappa shape index (κ3) is 3.16. The Bertz CT molecular complexity index is 618. The van der Waals surface area contributed by atoms with Crippen LogP contribution in [0.25, 0.3) is 0 Å². The molecule has 0 saturated carbocycles. The highest BCUT2D eigenvalue weighted by molar-refractivity contribution is 5.42. The summed E-state index contributed by atoms with van der Waals surface area (Å²) in [5.41, 5.74) is 0. The summed E-state index contributed by atoms with van der Waals surface area (Å²) < 4.78 is 11.6. The van der Waals surface area contributed by atoms with Crippen LogP contribution < -0.4 is 19.7 Å². The molecule has 0 unspecified atom stereocenters. The molecular formula is C15H18N4O2. The van der Waals surface area contributed by atoms with Gasteiger partial charge in [0.1, 0.15) is 18.5 Å². The highest BCUT2D eigenvalue weighted by atomic mass is 16.6. The van der Waals surface area contributed by atoms with E-state index in [0.717, 1.165) is 17.3 Å². The van der Waals surface area contributed by atoms with Gasteiger partial charge in [0.05, 0.1) is 6.54 Å². The van der Waals surface area contributed by atoms with E-state index in [1.807, 2.05) is 49.3 Å². The summed E-state index contributed by atoms with van der Waals surface area (Å²) in [6.45, 7) is 1.10. The van der Waals surface area contributed by atoms with Crippen LogP contribution in [-0.4, -0.2) is 43.3 Å². The number of nitrogens with zero attached hydrogens (tertiary/aromatic N) is 3. The standard InChI is InChI=1S/C15H18N4O2/c1-19(2)14-7-8-16-15(18-14)17-9-11-10-20-12-5-3-4-6-13(12)21-11/h3-8,11H,9-10H2,1-2H3,(H,16,17,18)/t11-/m1/s1. The summed E-state index contributed by atoms with van der Waals surface area (Å²) in [5, 5.41) is 3.19. The Kier molecular flexibility index (Phi) is 3.77. The Morgan fingerprint density at radius 1 is 1.24 bits per heavy atom. The lowest BCUT2D eigenvalue weighted by Gasteiger charge is -2.26. The van der Waals surface area contributed by atoms with E-state index < -0.39 is 0 Å². The van der Waals surface area contributed by atoms with E-state index in [4.69, 9.17) is 9.47 Å². The van der Waals surface area contributed by atoms with Gasteiger partial charge in [0.15, 0.2) is 11.5 Å². The van der Waals surface area contributed by atoms with Crippen LogP contribution in [0.4, 0.5) is 11.8 Å². The topological polar surface area (TPSA) is 59.5 Å². The fourth-order valence-electron chi connectivity index (χ4n) is 2.05. The maximum Gasteiger partial charge on any atom is 0.224 e. The van der Waals surface area contributed by atoms with Crippen molar-refractivity contribution in [2.45, 2.75) is 6.10 Å². The number of anilines is 2. The van der Waals surface area contributed by atoms with Gasteiger partial charge in [-0.3, -0.25) is 0 Å². The number of para-hydroxylation sites is 2. The van der Waals surface area contributed by atoms with Crippen molar-refractivity contribution in [2.24, 2.45) is 0 Å². The Morgan fingerprint density at radius 2 is 2.05 bits per heavy atom. The van der Waals surface area contributed by atoms with E-state index in [2.05, 4.69) is 15.3 Å². The third-order valence-electron chi connectivity index (χ3n) is 3.15. The van der Waals surface area contributed by atoms with E-state index in [-0.39, 0.29) is 6.10 Å². The lowest BCUT2D eigenvalue weighted by molar-refractivity contribution is 0.0996. The number of fused-ring (bicyclic) bond motifs is 1. The predicted molar refractivity (Wildman–Crippen MR) is 81.2 cm³/mol. The van der Waals surface area contributed by atoms with Crippen LogP contribution in [-0.2, 0) is 0 Å². The summed E-state index contributed by atoms with van der Waals surface area (Å²) in [6.07, 6.45) is 1.67. The van der Waals surface area contributed by atoms with E-state index in [9.17, 15) is 0 Å². The Labute approximate surface area is 123 Å². The zero-order valence-corrected chi connectivity index (χ0v) is 12.1. The zero-order valence-electron chi connectivity index (χ0n) is 12.1. The first-order chi connectivity index (χ1) is 10.2. The summed E-state index contributed by atoms with van der Waals surface area (Å²) in [4.78, 5) is 10.5. The minimum absolute atomic E-state index is 0.0634. The van der Waals surface area contributed by atoms with Crippen LogP contribution >= 0.6 is 0 Å². The summed E-state index contributed by atoms with van der Waals surface area (Å²) in [5.74, 6) is 3.01. The summed E-state index contributed by atoms with van der Waals surface area (Å²) >= 11 is 0. The fourth-order valence-corrected chi connectivity index (χ4v) is 2.05. The van der Waals surface area contributed by atoms with Gasteiger partial charge in [0.2, 0.25) is 5.95 Å². The van der Waals surface area contributed by atoms with E-state index in [0.29, 0.717) is 19.1 Å². The average Bonchev–Trinajstić information content (AvgIpc) is 2.53. The molecule has 21 heavy (non-hydrogen) atoms. The van der Waals surface area contributed by atoms with Crippen molar-refractivity contribution >= 4 is 11.8 Å². The maximum absolute atomic E-state index is 5.88. The normalized spacial score (nSPS) is 16.4. The molecule has 1 aromatic carbocycles. The van der Waals surface area contributed by atoms with E-state index in [1.165, 1.54) is 0 Å². The Hall–Kier alpha value is -2.50. The molecule has 1 aliphatic heterocycles. The first kappa shape index (κ1) is 13.5. The SMILES string of the molecule is CN(C)c1ccnc(NC[C@@H]2COc3ccccc3O2)n1. The molecule has 6 nitrogen and oxygen atoms in total. The van der Waals surface area contributed by atoms with Gasteiger partial charge in [-0.25, -0.2) is 4.98 Å². The molecule has 0 radical (unpaired) electrons. The minimum Gasteiger partial charge on any atom is -0.486 e. The molecule has 0 spiro atoms. The van der Waals surface area contributed by atoms with Gasteiger partial charge in [-0.05, 0) is 18.2 Å². The summed E-state index contributed by atoms with van der Waals surface area (Å²) in [7, 11) is 3.89. The molecular weight excluding hydrogens is 268 g/mol. The molecule has 2 heterocycles. The number of rotatable bonds is 4. The second kappa shape index (κ2) is 5.87. The molecule has 0 saturated heterocycles. The molecule has 0 aliphatic carbocycles. The zero-order chi connectivity index (χ0) is 14.7. The van der Waals surface area contributed by atoms with Crippen LogP contribution in [0.2, 0.25) is 0 Å². The maximum atomic E-state index is 5.88. The fraction of sp³-hybridized carbons (Fsp3) is 0.333. The van der Waals surface area contributed by atoms with Gasteiger partial charge in [-0.2, -0.15) is 4.98 Å². The number of ether oxygens (including phenoxy) is 2.